The molecular formula is C21H28N4O. The number of carbonyl (C=O) groups is 1. The first-order chi connectivity index (χ1) is 12.6. The predicted molar refractivity (Wildman–Crippen MR) is 101 cm³/mol. The lowest BCUT2D eigenvalue weighted by Gasteiger charge is -2.33. The van der Waals surface area contributed by atoms with Crippen LogP contribution in [0.4, 0.5) is 5.82 Å². The topological polar surface area (TPSA) is 60.2 Å². The van der Waals surface area contributed by atoms with E-state index in [0.29, 0.717) is 23.8 Å². The Morgan fingerprint density at radius 2 is 1.88 bits per heavy atom. The van der Waals surface area contributed by atoms with E-state index in [-0.39, 0.29) is 0 Å². The molecule has 0 aromatic carbocycles. The minimum atomic E-state index is 0.365. The van der Waals surface area contributed by atoms with Gasteiger partial charge in [-0.25, -0.2) is 4.98 Å². The molecule has 1 aliphatic carbocycles. The second-order valence-corrected chi connectivity index (χ2v) is 8.32. The number of likely N-dealkylation sites (tertiary alicyclic amines) is 1. The average molecular weight is 352 g/mol. The number of anilines is 1. The first-order valence-electron chi connectivity index (χ1n) is 10.0. The second-order valence-electron chi connectivity index (χ2n) is 8.32. The van der Waals surface area contributed by atoms with E-state index in [9.17, 15) is 10.1 Å². The van der Waals surface area contributed by atoms with E-state index in [1.165, 1.54) is 19.3 Å². The van der Waals surface area contributed by atoms with E-state index in [1.54, 1.807) is 0 Å². The number of hydrogen-bond donors (Lipinski definition) is 0. The maximum atomic E-state index is 12.7. The molecule has 3 heterocycles. The Morgan fingerprint density at radius 1 is 1.19 bits per heavy atom. The summed E-state index contributed by atoms with van der Waals surface area (Å²) in [5.41, 5.74) is 1.59. The number of hydrogen-bond acceptors (Lipinski definition) is 4. The van der Waals surface area contributed by atoms with Gasteiger partial charge in [-0.1, -0.05) is 6.42 Å². The highest BCUT2D eigenvalue weighted by Crippen LogP contribution is 2.38. The van der Waals surface area contributed by atoms with Gasteiger partial charge < -0.3 is 9.80 Å². The van der Waals surface area contributed by atoms with Crippen molar-refractivity contribution in [1.82, 2.24) is 9.88 Å². The lowest BCUT2D eigenvalue weighted by atomic mass is 9.92. The number of nitrogens with zero attached hydrogens (tertiary/aromatic N) is 4. The van der Waals surface area contributed by atoms with Crippen LogP contribution >= 0.6 is 0 Å². The number of aromatic nitrogens is 1. The Kier molecular flexibility index (Phi) is 4.84. The van der Waals surface area contributed by atoms with Crippen molar-refractivity contribution in [3.8, 4) is 6.07 Å². The molecule has 5 nitrogen and oxygen atoms in total. The molecule has 4 rings (SSSR count). The van der Waals surface area contributed by atoms with Crippen LogP contribution in [0.1, 0.15) is 49.8 Å². The zero-order chi connectivity index (χ0) is 18.1. The van der Waals surface area contributed by atoms with E-state index in [2.05, 4.69) is 20.9 Å². The summed E-state index contributed by atoms with van der Waals surface area (Å²) in [5.74, 6) is 3.19. The van der Waals surface area contributed by atoms with Gasteiger partial charge in [0.05, 0.1) is 5.56 Å². The van der Waals surface area contributed by atoms with Gasteiger partial charge in [0.25, 0.3) is 0 Å². The minimum Gasteiger partial charge on any atom is -0.355 e. The third kappa shape index (κ3) is 3.42. The van der Waals surface area contributed by atoms with Gasteiger partial charge in [0.1, 0.15) is 11.9 Å². The Hall–Kier alpha value is -2.09. The van der Waals surface area contributed by atoms with Gasteiger partial charge in [-0.2, -0.15) is 5.26 Å². The largest absolute Gasteiger partial charge is 0.355 e. The first-order valence-corrected chi connectivity index (χ1v) is 10.0. The second kappa shape index (κ2) is 7.26. The molecule has 1 aromatic rings. The van der Waals surface area contributed by atoms with Crippen LogP contribution in [0, 0.1) is 36.0 Å². The Balaban J connectivity index is 1.31. The van der Waals surface area contributed by atoms with Gasteiger partial charge in [0.2, 0.25) is 5.91 Å². The number of aryl methyl sites for hydroxylation is 1. The molecule has 0 bridgehead atoms. The monoisotopic (exact) mass is 352 g/mol. The number of carbonyl (C=O) groups excluding carboxylic acids is 1. The molecule has 0 radical (unpaired) electrons. The molecule has 5 heteroatoms. The maximum Gasteiger partial charge on any atom is 0.222 e. The maximum absolute atomic E-state index is 12.7. The summed E-state index contributed by atoms with van der Waals surface area (Å²) in [6, 6.07) is 6.00. The van der Waals surface area contributed by atoms with Gasteiger partial charge in [-0.05, 0) is 62.5 Å². The molecule has 3 aliphatic rings. The molecule has 26 heavy (non-hydrogen) atoms. The fourth-order valence-electron chi connectivity index (χ4n) is 5.03. The number of rotatable bonds is 3. The van der Waals surface area contributed by atoms with Crippen molar-refractivity contribution < 1.29 is 4.79 Å². The number of piperidine rings is 1. The molecule has 2 atom stereocenters. The summed E-state index contributed by atoms with van der Waals surface area (Å²) < 4.78 is 0. The number of amides is 1. The molecule has 1 aromatic heterocycles. The van der Waals surface area contributed by atoms with Gasteiger partial charge in [0, 0.05) is 38.3 Å². The smallest absolute Gasteiger partial charge is 0.222 e. The van der Waals surface area contributed by atoms with Crippen LogP contribution in [0.3, 0.4) is 0 Å². The van der Waals surface area contributed by atoms with Gasteiger partial charge >= 0.3 is 0 Å². The summed E-state index contributed by atoms with van der Waals surface area (Å²) in [4.78, 5) is 21.6. The average Bonchev–Trinajstić information content (AvgIpc) is 3.24. The van der Waals surface area contributed by atoms with Crippen molar-refractivity contribution in [2.75, 3.05) is 31.1 Å². The van der Waals surface area contributed by atoms with E-state index in [1.807, 2.05) is 19.1 Å². The molecule has 0 spiro atoms. The molecule has 2 unspecified atom stereocenters. The van der Waals surface area contributed by atoms with Crippen molar-refractivity contribution in [1.29, 1.82) is 5.26 Å². The van der Waals surface area contributed by atoms with Crippen LogP contribution in [0.15, 0.2) is 12.1 Å². The summed E-state index contributed by atoms with van der Waals surface area (Å²) >= 11 is 0. The summed E-state index contributed by atoms with van der Waals surface area (Å²) in [6.45, 7) is 5.73. The molecule has 3 fully saturated rings. The fraction of sp³-hybridized carbons (Fsp3) is 0.667. The molecule has 1 saturated carbocycles. The van der Waals surface area contributed by atoms with Gasteiger partial charge in [-0.3, -0.25) is 4.79 Å². The summed E-state index contributed by atoms with van der Waals surface area (Å²) in [5, 5.41) is 9.33. The van der Waals surface area contributed by atoms with Crippen molar-refractivity contribution >= 4 is 11.7 Å². The lowest BCUT2D eigenvalue weighted by Crippen LogP contribution is -2.37. The quantitative estimate of drug-likeness (QED) is 0.838. The first kappa shape index (κ1) is 17.3. The number of nitriles is 1. The zero-order valence-electron chi connectivity index (χ0n) is 15.7. The van der Waals surface area contributed by atoms with Crippen LogP contribution in [-0.2, 0) is 4.79 Å². The van der Waals surface area contributed by atoms with E-state index >= 15 is 0 Å². The standard InChI is InChI=1S/C21H28N4O/c1-15-5-6-17(12-22)21(23-15)24-9-7-16(8-10-24)11-20(26)25-13-18-3-2-4-19(18)14-25/h5-6,16,18-19H,2-4,7-11,13-14H2,1H3. The van der Waals surface area contributed by atoms with Crippen LogP contribution in [-0.4, -0.2) is 42.0 Å². The fourth-order valence-corrected chi connectivity index (χ4v) is 5.03. The molecule has 1 amide bonds. The predicted octanol–water partition coefficient (Wildman–Crippen LogP) is 3.13. The molecule has 2 saturated heterocycles. The highest BCUT2D eigenvalue weighted by Gasteiger charge is 2.38. The van der Waals surface area contributed by atoms with E-state index in [0.717, 1.165) is 62.4 Å². The molecule has 138 valence electrons. The highest BCUT2D eigenvalue weighted by atomic mass is 16.2. The Morgan fingerprint density at radius 3 is 2.54 bits per heavy atom. The highest BCUT2D eigenvalue weighted by molar-refractivity contribution is 5.77. The zero-order valence-corrected chi connectivity index (χ0v) is 15.7. The third-order valence-corrected chi connectivity index (χ3v) is 6.59. The third-order valence-electron chi connectivity index (χ3n) is 6.59. The van der Waals surface area contributed by atoms with Crippen molar-refractivity contribution in [3.63, 3.8) is 0 Å². The van der Waals surface area contributed by atoms with Crippen molar-refractivity contribution in [2.45, 2.75) is 45.4 Å². The van der Waals surface area contributed by atoms with Crippen molar-refractivity contribution in [3.05, 3.63) is 23.4 Å². The summed E-state index contributed by atoms with van der Waals surface area (Å²) in [6.07, 6.45) is 6.70. The van der Waals surface area contributed by atoms with Crippen molar-refractivity contribution in [2.24, 2.45) is 17.8 Å². The van der Waals surface area contributed by atoms with Crippen LogP contribution in [0.5, 0.6) is 0 Å². The van der Waals surface area contributed by atoms with Crippen LogP contribution in [0.2, 0.25) is 0 Å². The Bertz CT molecular complexity index is 705. The molecular weight excluding hydrogens is 324 g/mol. The van der Waals surface area contributed by atoms with E-state index in [4.69, 9.17) is 0 Å². The molecule has 2 aliphatic heterocycles. The minimum absolute atomic E-state index is 0.365. The number of pyridine rings is 1. The summed E-state index contributed by atoms with van der Waals surface area (Å²) in [7, 11) is 0. The SMILES string of the molecule is Cc1ccc(C#N)c(N2CCC(CC(=O)N3CC4CCCC4C3)CC2)n1. The van der Waals surface area contributed by atoms with Crippen LogP contribution in [0.25, 0.3) is 0 Å². The number of fused-ring (bicyclic) bond motifs is 1. The van der Waals surface area contributed by atoms with E-state index < -0.39 is 0 Å². The normalized spacial score (nSPS) is 26.0. The van der Waals surface area contributed by atoms with Gasteiger partial charge in [0.15, 0.2) is 0 Å². The van der Waals surface area contributed by atoms with Crippen LogP contribution < -0.4 is 4.90 Å². The van der Waals surface area contributed by atoms with Gasteiger partial charge in [-0.15, -0.1) is 0 Å². The Labute approximate surface area is 156 Å². The lowest BCUT2D eigenvalue weighted by molar-refractivity contribution is -0.131. The molecule has 0 N–H and O–H groups in total.